The smallest absolute Gasteiger partial charge is 0.318 e. The fourth-order valence-electron chi connectivity index (χ4n) is 2.81. The molecule has 2 aromatic rings. The number of hydrogen-bond acceptors (Lipinski definition) is 6. The monoisotopic (exact) mass is 329 g/mol. The molecule has 0 unspecified atom stereocenters. The SMILES string of the molecule is CCc1nnc(N2CCN(C(=O)CCCc3cccnc3)CC2)o1. The largest absolute Gasteiger partial charge is 0.408 e. The Kier molecular flexibility index (Phi) is 5.40. The number of carbonyl (C=O) groups is 1. The highest BCUT2D eigenvalue weighted by molar-refractivity contribution is 5.76. The van der Waals surface area contributed by atoms with Crippen LogP contribution in [-0.4, -0.2) is 52.2 Å². The average molecular weight is 329 g/mol. The third kappa shape index (κ3) is 4.10. The molecule has 3 heterocycles. The van der Waals surface area contributed by atoms with Crippen molar-refractivity contribution in [3.63, 3.8) is 0 Å². The van der Waals surface area contributed by atoms with Gasteiger partial charge in [-0.05, 0) is 24.5 Å². The Morgan fingerprint density at radius 2 is 2.08 bits per heavy atom. The molecule has 7 heteroatoms. The van der Waals surface area contributed by atoms with E-state index in [-0.39, 0.29) is 5.91 Å². The molecule has 1 fully saturated rings. The van der Waals surface area contributed by atoms with Gasteiger partial charge in [0.15, 0.2) is 0 Å². The molecule has 128 valence electrons. The molecule has 24 heavy (non-hydrogen) atoms. The van der Waals surface area contributed by atoms with Crippen LogP contribution in [-0.2, 0) is 17.6 Å². The van der Waals surface area contributed by atoms with E-state index in [1.807, 2.05) is 35.1 Å². The van der Waals surface area contributed by atoms with Gasteiger partial charge in [0.1, 0.15) is 0 Å². The lowest BCUT2D eigenvalue weighted by Crippen LogP contribution is -2.48. The predicted octanol–water partition coefficient (Wildman–Crippen LogP) is 1.70. The summed E-state index contributed by atoms with van der Waals surface area (Å²) in [7, 11) is 0. The molecule has 2 aromatic heterocycles. The molecule has 1 saturated heterocycles. The molecular weight excluding hydrogens is 306 g/mol. The van der Waals surface area contributed by atoms with Gasteiger partial charge in [-0.1, -0.05) is 18.1 Å². The van der Waals surface area contributed by atoms with Gasteiger partial charge in [-0.2, -0.15) is 0 Å². The average Bonchev–Trinajstić information content (AvgIpc) is 3.12. The van der Waals surface area contributed by atoms with Gasteiger partial charge >= 0.3 is 6.01 Å². The van der Waals surface area contributed by atoms with Gasteiger partial charge in [-0.25, -0.2) is 0 Å². The lowest BCUT2D eigenvalue weighted by Gasteiger charge is -2.33. The summed E-state index contributed by atoms with van der Waals surface area (Å²) in [6.45, 7) is 4.87. The zero-order valence-corrected chi connectivity index (χ0v) is 14.0. The van der Waals surface area contributed by atoms with E-state index >= 15 is 0 Å². The minimum Gasteiger partial charge on any atom is -0.408 e. The Morgan fingerprint density at radius 3 is 2.75 bits per heavy atom. The van der Waals surface area contributed by atoms with Gasteiger partial charge in [0.25, 0.3) is 0 Å². The van der Waals surface area contributed by atoms with Crippen molar-refractivity contribution in [2.75, 3.05) is 31.1 Å². The highest BCUT2D eigenvalue weighted by Gasteiger charge is 2.23. The molecule has 1 amide bonds. The first-order chi connectivity index (χ1) is 11.8. The number of piperazine rings is 1. The van der Waals surface area contributed by atoms with E-state index in [4.69, 9.17) is 4.42 Å². The molecular formula is C17H23N5O2. The number of pyridine rings is 1. The molecule has 0 spiro atoms. The highest BCUT2D eigenvalue weighted by atomic mass is 16.4. The van der Waals surface area contributed by atoms with Gasteiger partial charge in [-0.3, -0.25) is 9.78 Å². The first-order valence-electron chi connectivity index (χ1n) is 8.50. The van der Waals surface area contributed by atoms with Gasteiger partial charge in [-0.15, -0.1) is 5.10 Å². The standard InChI is InChI=1S/C17H23N5O2/c1-2-15-19-20-17(24-15)22-11-9-21(10-12-22)16(23)7-3-5-14-6-4-8-18-13-14/h4,6,8,13H,2-3,5,7,9-12H2,1H3. The van der Waals surface area contributed by atoms with Crippen molar-refractivity contribution >= 4 is 11.9 Å². The zero-order valence-electron chi connectivity index (χ0n) is 14.0. The number of anilines is 1. The lowest BCUT2D eigenvalue weighted by atomic mass is 10.1. The Morgan fingerprint density at radius 1 is 1.25 bits per heavy atom. The van der Waals surface area contributed by atoms with Gasteiger partial charge in [0.2, 0.25) is 11.8 Å². The topological polar surface area (TPSA) is 75.4 Å². The third-order valence-electron chi connectivity index (χ3n) is 4.24. The number of nitrogens with zero attached hydrogens (tertiary/aromatic N) is 5. The Balaban J connectivity index is 1.41. The van der Waals surface area contributed by atoms with Crippen LogP contribution >= 0.6 is 0 Å². The van der Waals surface area contributed by atoms with Crippen LogP contribution in [0.2, 0.25) is 0 Å². The molecule has 0 aromatic carbocycles. The molecule has 0 aliphatic carbocycles. The van der Waals surface area contributed by atoms with Crippen molar-refractivity contribution < 1.29 is 9.21 Å². The molecule has 0 bridgehead atoms. The summed E-state index contributed by atoms with van der Waals surface area (Å²) in [5, 5.41) is 8.05. The zero-order chi connectivity index (χ0) is 16.8. The minimum absolute atomic E-state index is 0.221. The van der Waals surface area contributed by atoms with E-state index in [1.54, 1.807) is 6.20 Å². The van der Waals surface area contributed by atoms with Crippen molar-refractivity contribution in [2.45, 2.75) is 32.6 Å². The highest BCUT2D eigenvalue weighted by Crippen LogP contribution is 2.16. The first kappa shape index (κ1) is 16.4. The van der Waals surface area contributed by atoms with Gasteiger partial charge in [0, 0.05) is 51.4 Å². The third-order valence-corrected chi connectivity index (χ3v) is 4.24. The van der Waals surface area contributed by atoms with Crippen LogP contribution in [0.4, 0.5) is 6.01 Å². The summed E-state index contributed by atoms with van der Waals surface area (Å²) in [6, 6.07) is 4.54. The predicted molar refractivity (Wildman–Crippen MR) is 89.6 cm³/mol. The van der Waals surface area contributed by atoms with Crippen LogP contribution in [0.5, 0.6) is 0 Å². The van der Waals surface area contributed by atoms with Crippen molar-refractivity contribution in [1.82, 2.24) is 20.1 Å². The summed E-state index contributed by atoms with van der Waals surface area (Å²) >= 11 is 0. The molecule has 1 aliphatic heterocycles. The quantitative estimate of drug-likeness (QED) is 0.803. The van der Waals surface area contributed by atoms with Crippen LogP contribution in [0, 0.1) is 0 Å². The van der Waals surface area contributed by atoms with E-state index in [1.165, 1.54) is 5.56 Å². The second-order valence-corrected chi connectivity index (χ2v) is 5.91. The van der Waals surface area contributed by atoms with Gasteiger partial charge < -0.3 is 14.2 Å². The molecule has 0 saturated carbocycles. The summed E-state index contributed by atoms with van der Waals surface area (Å²) in [4.78, 5) is 20.4. The fraction of sp³-hybridized carbons (Fsp3) is 0.529. The maximum absolute atomic E-state index is 12.3. The van der Waals surface area contributed by atoms with E-state index in [0.29, 0.717) is 31.4 Å². The van der Waals surface area contributed by atoms with Crippen molar-refractivity contribution in [1.29, 1.82) is 0 Å². The van der Waals surface area contributed by atoms with Crippen LogP contribution in [0.3, 0.4) is 0 Å². The number of rotatable bonds is 6. The second-order valence-electron chi connectivity index (χ2n) is 5.91. The Labute approximate surface area is 141 Å². The molecule has 0 radical (unpaired) electrons. The van der Waals surface area contributed by atoms with Crippen LogP contribution < -0.4 is 4.90 Å². The fourth-order valence-corrected chi connectivity index (χ4v) is 2.81. The van der Waals surface area contributed by atoms with E-state index in [9.17, 15) is 4.79 Å². The Bertz CT molecular complexity index is 650. The maximum Gasteiger partial charge on any atom is 0.318 e. The number of hydrogen-bond donors (Lipinski definition) is 0. The summed E-state index contributed by atoms with van der Waals surface area (Å²) in [5.74, 6) is 0.872. The Hall–Kier alpha value is -2.44. The van der Waals surface area contributed by atoms with Crippen molar-refractivity contribution in [2.24, 2.45) is 0 Å². The van der Waals surface area contributed by atoms with Gasteiger partial charge in [0.05, 0.1) is 0 Å². The second kappa shape index (κ2) is 7.90. The van der Waals surface area contributed by atoms with Crippen molar-refractivity contribution in [3.05, 3.63) is 36.0 Å². The first-order valence-corrected chi connectivity index (χ1v) is 8.50. The van der Waals surface area contributed by atoms with E-state index in [0.717, 1.165) is 32.4 Å². The molecule has 7 nitrogen and oxygen atoms in total. The molecule has 1 aliphatic rings. The molecule has 0 atom stereocenters. The summed E-state index contributed by atoms with van der Waals surface area (Å²) in [6.07, 6.45) is 6.69. The molecule has 0 N–H and O–H groups in total. The number of aryl methyl sites for hydroxylation is 2. The van der Waals surface area contributed by atoms with Crippen molar-refractivity contribution in [3.8, 4) is 0 Å². The molecule has 3 rings (SSSR count). The minimum atomic E-state index is 0.221. The normalized spacial score (nSPS) is 14.9. The number of aromatic nitrogens is 3. The summed E-state index contributed by atoms with van der Waals surface area (Å²) in [5.41, 5.74) is 1.18. The number of amides is 1. The van der Waals surface area contributed by atoms with Crippen LogP contribution in [0.1, 0.15) is 31.2 Å². The van der Waals surface area contributed by atoms with Crippen LogP contribution in [0.25, 0.3) is 0 Å². The summed E-state index contributed by atoms with van der Waals surface area (Å²) < 4.78 is 5.58. The van der Waals surface area contributed by atoms with E-state index < -0.39 is 0 Å². The maximum atomic E-state index is 12.3. The van der Waals surface area contributed by atoms with Crippen LogP contribution in [0.15, 0.2) is 28.9 Å². The number of carbonyl (C=O) groups excluding carboxylic acids is 1. The van der Waals surface area contributed by atoms with E-state index in [2.05, 4.69) is 15.2 Å². The lowest BCUT2D eigenvalue weighted by molar-refractivity contribution is -0.131.